The van der Waals surface area contributed by atoms with Crippen molar-refractivity contribution in [3.05, 3.63) is 89.5 Å². The third kappa shape index (κ3) is 6.47. The number of hydrogen-bond acceptors (Lipinski definition) is 2. The quantitative estimate of drug-likeness (QED) is 0.245. The van der Waals surface area contributed by atoms with Crippen LogP contribution in [0, 0.1) is 12.8 Å². The first-order chi connectivity index (χ1) is 19.6. The summed E-state index contributed by atoms with van der Waals surface area (Å²) in [4.78, 5) is 25.4. The van der Waals surface area contributed by atoms with Gasteiger partial charge >= 0.3 is 12.1 Å². The zero-order valence-corrected chi connectivity index (χ0v) is 23.5. The summed E-state index contributed by atoms with van der Waals surface area (Å²) in [6.45, 7) is 5.99. The molecule has 0 aliphatic heterocycles. The van der Waals surface area contributed by atoms with E-state index in [1.807, 2.05) is 79.9 Å². The standard InChI is InChI=1S/C31H29F3N2O3.C2H6/c1-19-11-13-20(14-12-19)27-18-22-9-5-6-10-26(22)36(27)28(21-7-3-2-4-8-21)29(37)35-25-16-15-23(30(38)39)17-24(25)31(32,33)34;1-2/h5-6,9-18,21,28H,2-4,7-8H2,1H3,(H,35,37)(H,38,39);1-2H3/t28-;/m0./s1. The van der Waals surface area contributed by atoms with Crippen molar-refractivity contribution >= 4 is 28.5 Å². The molecule has 8 heteroatoms. The van der Waals surface area contributed by atoms with Gasteiger partial charge < -0.3 is 15.0 Å². The molecule has 0 spiro atoms. The van der Waals surface area contributed by atoms with Crippen LogP contribution in [-0.2, 0) is 11.0 Å². The number of aryl methyl sites for hydroxylation is 1. The fourth-order valence-corrected chi connectivity index (χ4v) is 5.64. The Morgan fingerprint density at radius 2 is 1.59 bits per heavy atom. The second-order valence-corrected chi connectivity index (χ2v) is 10.2. The second-order valence-electron chi connectivity index (χ2n) is 10.2. The summed E-state index contributed by atoms with van der Waals surface area (Å²) in [6, 6.07) is 19.6. The summed E-state index contributed by atoms with van der Waals surface area (Å²) >= 11 is 0. The van der Waals surface area contributed by atoms with E-state index in [0.29, 0.717) is 6.07 Å². The van der Waals surface area contributed by atoms with Crippen molar-refractivity contribution in [3.63, 3.8) is 0 Å². The molecule has 1 fully saturated rings. The summed E-state index contributed by atoms with van der Waals surface area (Å²) in [5, 5.41) is 12.7. The molecule has 0 radical (unpaired) electrons. The molecule has 3 aromatic carbocycles. The first kappa shape index (κ1) is 29.9. The van der Waals surface area contributed by atoms with Gasteiger partial charge in [-0.3, -0.25) is 4.79 Å². The number of rotatable bonds is 6. The van der Waals surface area contributed by atoms with E-state index in [4.69, 9.17) is 0 Å². The molecule has 1 aliphatic rings. The smallest absolute Gasteiger partial charge is 0.418 e. The predicted molar refractivity (Wildman–Crippen MR) is 156 cm³/mol. The molecule has 0 bridgehead atoms. The Kier molecular flexibility index (Phi) is 9.21. The first-order valence-corrected chi connectivity index (χ1v) is 14.1. The number of carbonyl (C=O) groups excluding carboxylic acids is 1. The number of anilines is 1. The van der Waals surface area contributed by atoms with E-state index in [9.17, 15) is 27.9 Å². The van der Waals surface area contributed by atoms with E-state index in [0.717, 1.165) is 72.0 Å². The average Bonchev–Trinajstić information content (AvgIpc) is 3.34. The van der Waals surface area contributed by atoms with E-state index < -0.39 is 40.9 Å². The van der Waals surface area contributed by atoms with Crippen molar-refractivity contribution in [3.8, 4) is 11.3 Å². The van der Waals surface area contributed by atoms with Gasteiger partial charge in [0.1, 0.15) is 6.04 Å². The highest BCUT2D eigenvalue weighted by Gasteiger charge is 2.38. The molecule has 1 saturated carbocycles. The number of carboxylic acids is 1. The molecular formula is C33H35F3N2O3. The van der Waals surface area contributed by atoms with E-state index in [-0.39, 0.29) is 5.92 Å². The van der Waals surface area contributed by atoms with Crippen molar-refractivity contribution in [1.29, 1.82) is 0 Å². The largest absolute Gasteiger partial charge is 0.478 e. The van der Waals surface area contributed by atoms with Crippen molar-refractivity contribution in [2.24, 2.45) is 5.92 Å². The molecule has 1 heterocycles. The van der Waals surface area contributed by atoms with Gasteiger partial charge in [0.25, 0.3) is 0 Å². The number of alkyl halides is 3. The molecular weight excluding hydrogens is 529 g/mol. The average molecular weight is 565 g/mol. The maximum atomic E-state index is 14.1. The minimum Gasteiger partial charge on any atom is -0.478 e. The van der Waals surface area contributed by atoms with Crippen LogP contribution in [0.3, 0.4) is 0 Å². The molecule has 1 aromatic heterocycles. The van der Waals surface area contributed by atoms with Crippen LogP contribution in [0.25, 0.3) is 22.2 Å². The van der Waals surface area contributed by atoms with Crippen molar-refractivity contribution in [2.75, 3.05) is 5.32 Å². The van der Waals surface area contributed by atoms with Crippen molar-refractivity contribution in [2.45, 2.75) is 65.1 Å². The lowest BCUT2D eigenvalue weighted by molar-refractivity contribution is -0.137. The fourth-order valence-electron chi connectivity index (χ4n) is 5.64. The van der Waals surface area contributed by atoms with Gasteiger partial charge in [0, 0.05) is 16.6 Å². The van der Waals surface area contributed by atoms with Gasteiger partial charge in [-0.25, -0.2) is 4.79 Å². The number of fused-ring (bicyclic) bond motifs is 1. The molecule has 216 valence electrons. The Morgan fingerprint density at radius 1 is 0.927 bits per heavy atom. The zero-order chi connectivity index (χ0) is 29.7. The summed E-state index contributed by atoms with van der Waals surface area (Å²) in [5.41, 5.74) is 1.51. The van der Waals surface area contributed by atoms with Crippen LogP contribution >= 0.6 is 0 Å². The number of hydrogen-bond donors (Lipinski definition) is 2. The summed E-state index contributed by atoms with van der Waals surface area (Å²) in [5.74, 6) is -2.10. The number of para-hydroxylation sites is 1. The maximum absolute atomic E-state index is 14.1. The lowest BCUT2D eigenvalue weighted by Crippen LogP contribution is -2.34. The monoisotopic (exact) mass is 564 g/mol. The molecule has 0 saturated heterocycles. The molecule has 2 N–H and O–H groups in total. The SMILES string of the molecule is CC.Cc1ccc(-c2cc3ccccc3n2[C@H](C(=O)Nc2ccc(C(=O)O)cc2C(F)(F)F)C2CCCCC2)cc1. The number of carbonyl (C=O) groups is 2. The number of nitrogens with zero attached hydrogens (tertiary/aromatic N) is 1. The molecule has 4 aromatic rings. The van der Waals surface area contributed by atoms with Crippen LogP contribution in [0.4, 0.5) is 18.9 Å². The lowest BCUT2D eigenvalue weighted by Gasteiger charge is -2.32. The predicted octanol–water partition coefficient (Wildman–Crippen LogP) is 9.12. The number of aromatic nitrogens is 1. The summed E-state index contributed by atoms with van der Waals surface area (Å²) in [7, 11) is 0. The van der Waals surface area contributed by atoms with Gasteiger partial charge in [0.05, 0.1) is 16.8 Å². The molecule has 1 aliphatic carbocycles. The van der Waals surface area contributed by atoms with Crippen molar-refractivity contribution in [1.82, 2.24) is 4.57 Å². The third-order valence-electron chi connectivity index (χ3n) is 7.57. The number of amides is 1. The Hall–Kier alpha value is -4.07. The highest BCUT2D eigenvalue weighted by Crippen LogP contribution is 2.41. The summed E-state index contributed by atoms with van der Waals surface area (Å²) < 4.78 is 43.8. The normalized spacial score (nSPS) is 14.7. The number of benzene rings is 3. The lowest BCUT2D eigenvalue weighted by atomic mass is 9.83. The van der Waals surface area contributed by atoms with Crippen LogP contribution in [0.5, 0.6) is 0 Å². The van der Waals surface area contributed by atoms with Gasteiger partial charge in [-0.05, 0) is 61.6 Å². The van der Waals surface area contributed by atoms with Gasteiger partial charge in [-0.15, -0.1) is 0 Å². The highest BCUT2D eigenvalue weighted by molar-refractivity contribution is 5.98. The number of aromatic carboxylic acids is 1. The van der Waals surface area contributed by atoms with Crippen LogP contribution < -0.4 is 5.32 Å². The second kappa shape index (κ2) is 12.6. The van der Waals surface area contributed by atoms with E-state index in [1.165, 1.54) is 0 Å². The Balaban J connectivity index is 0.00000189. The maximum Gasteiger partial charge on any atom is 0.418 e. The Bertz CT molecular complexity index is 1520. The fraction of sp³-hybridized carbons (Fsp3) is 0.333. The number of carboxylic acid groups (broad SMARTS) is 1. The van der Waals surface area contributed by atoms with Gasteiger partial charge in [0.2, 0.25) is 5.91 Å². The third-order valence-corrected chi connectivity index (χ3v) is 7.57. The minimum atomic E-state index is -4.85. The zero-order valence-electron chi connectivity index (χ0n) is 23.5. The van der Waals surface area contributed by atoms with Crippen LogP contribution in [0.15, 0.2) is 72.8 Å². The molecule has 5 rings (SSSR count). The van der Waals surface area contributed by atoms with Gasteiger partial charge in [-0.2, -0.15) is 13.2 Å². The Morgan fingerprint density at radius 3 is 2.22 bits per heavy atom. The van der Waals surface area contributed by atoms with Gasteiger partial charge in [-0.1, -0.05) is 81.1 Å². The number of halogens is 3. The van der Waals surface area contributed by atoms with E-state index in [2.05, 4.69) is 5.32 Å². The molecule has 5 nitrogen and oxygen atoms in total. The number of nitrogens with one attached hydrogen (secondary N) is 1. The van der Waals surface area contributed by atoms with Crippen LogP contribution in [-0.4, -0.2) is 21.6 Å². The first-order valence-electron chi connectivity index (χ1n) is 14.1. The molecule has 41 heavy (non-hydrogen) atoms. The van der Waals surface area contributed by atoms with Crippen molar-refractivity contribution < 1.29 is 27.9 Å². The van der Waals surface area contributed by atoms with E-state index >= 15 is 0 Å². The molecule has 0 unspecified atom stereocenters. The molecule has 1 amide bonds. The minimum absolute atomic E-state index is 0.0774. The Labute approximate surface area is 238 Å². The van der Waals surface area contributed by atoms with Crippen LogP contribution in [0.2, 0.25) is 0 Å². The molecule has 1 atom stereocenters. The topological polar surface area (TPSA) is 71.3 Å². The highest BCUT2D eigenvalue weighted by atomic mass is 19.4. The van der Waals surface area contributed by atoms with E-state index in [1.54, 1.807) is 0 Å². The summed E-state index contributed by atoms with van der Waals surface area (Å²) in [6.07, 6.45) is -0.355. The van der Waals surface area contributed by atoms with Crippen LogP contribution in [0.1, 0.15) is 73.5 Å². The van der Waals surface area contributed by atoms with Gasteiger partial charge in [0.15, 0.2) is 0 Å².